The molecular formula is C27H47FOS. The molecule has 174 valence electrons. The molecule has 3 heteroatoms. The highest BCUT2D eigenvalue weighted by molar-refractivity contribution is 7.94. The van der Waals surface area contributed by atoms with Crippen molar-refractivity contribution in [2.24, 2.45) is 40.4 Å². The van der Waals surface area contributed by atoms with Crippen LogP contribution in [0.2, 0.25) is 0 Å². The first-order valence-corrected chi connectivity index (χ1v) is 13.4. The van der Waals surface area contributed by atoms with Crippen LogP contribution in [0.1, 0.15) is 105 Å². The van der Waals surface area contributed by atoms with Gasteiger partial charge in [0.15, 0.2) is 0 Å². The van der Waals surface area contributed by atoms with Crippen LogP contribution in [0.5, 0.6) is 0 Å². The lowest BCUT2D eigenvalue weighted by Crippen LogP contribution is -2.50. The Balaban J connectivity index is 0.00000256. The highest BCUT2D eigenvalue weighted by Crippen LogP contribution is 2.66. The molecule has 0 spiro atoms. The summed E-state index contributed by atoms with van der Waals surface area (Å²) in [6, 6.07) is 0. The summed E-state index contributed by atoms with van der Waals surface area (Å²) in [5.74, 6) is 4.73. The zero-order valence-corrected chi connectivity index (χ0v) is 19.8. The molecule has 0 aromatic rings. The number of hydrogen-bond donors (Lipinski definition) is 1. The van der Waals surface area contributed by atoms with Gasteiger partial charge in [-0.25, -0.2) is 0 Å². The Labute approximate surface area is 190 Å². The second-order valence-corrected chi connectivity index (χ2v) is 12.2. The van der Waals surface area contributed by atoms with Crippen LogP contribution in [0.25, 0.3) is 0 Å². The molecule has 30 heavy (non-hydrogen) atoms. The Morgan fingerprint density at radius 2 is 1.93 bits per heavy atom. The Morgan fingerprint density at radius 3 is 2.70 bits per heavy atom. The first-order valence-electron chi connectivity index (χ1n) is 12.5. The minimum Gasteiger partial charge on any atom is -0.393 e. The quantitative estimate of drug-likeness (QED) is 0.318. The zero-order valence-electron chi connectivity index (χ0n) is 19.0. The third kappa shape index (κ3) is 4.41. The Bertz CT molecular complexity index is 606. The number of aliphatic hydroxyl groups is 1. The molecule has 0 aromatic heterocycles. The second-order valence-electron chi connectivity index (χ2n) is 11.6. The van der Waals surface area contributed by atoms with Gasteiger partial charge in [0.25, 0.3) is 0 Å². The summed E-state index contributed by atoms with van der Waals surface area (Å²) < 4.78 is 12.4. The summed E-state index contributed by atoms with van der Waals surface area (Å²) in [6.45, 7) is 7.37. The van der Waals surface area contributed by atoms with Gasteiger partial charge in [-0.3, -0.25) is 0 Å². The first kappa shape index (κ1) is 24.6. The van der Waals surface area contributed by atoms with E-state index >= 15 is 0 Å². The highest BCUT2D eigenvalue weighted by atomic mass is 32.2. The summed E-state index contributed by atoms with van der Waals surface area (Å²) in [5, 5.41) is 10.2. The lowest BCUT2D eigenvalue weighted by molar-refractivity contribution is -0.0508. The fourth-order valence-electron chi connectivity index (χ4n) is 8.30. The highest BCUT2D eigenvalue weighted by Gasteiger charge is 2.58. The summed E-state index contributed by atoms with van der Waals surface area (Å²) >= 11 is 0.507. The van der Waals surface area contributed by atoms with Crippen LogP contribution in [0, 0.1) is 40.4 Å². The molecule has 0 amide bonds. The maximum atomic E-state index is 12.4. The first-order chi connectivity index (χ1) is 13.9. The Morgan fingerprint density at radius 1 is 1.13 bits per heavy atom. The second kappa shape index (κ2) is 9.86. The third-order valence-corrected chi connectivity index (χ3v) is 10.8. The smallest absolute Gasteiger partial charge is 0.0577 e. The van der Waals surface area contributed by atoms with Gasteiger partial charge < -0.3 is 5.11 Å². The monoisotopic (exact) mass is 438 g/mol. The number of hydrogen-bond acceptors (Lipinski definition) is 2. The summed E-state index contributed by atoms with van der Waals surface area (Å²) in [5.41, 5.74) is 2.51. The van der Waals surface area contributed by atoms with Gasteiger partial charge >= 0.3 is 0 Å². The van der Waals surface area contributed by atoms with E-state index in [4.69, 9.17) is 0 Å². The van der Waals surface area contributed by atoms with Crippen LogP contribution >= 0.6 is 12.1 Å². The van der Waals surface area contributed by atoms with Gasteiger partial charge in [0, 0.05) is 17.9 Å². The summed E-state index contributed by atoms with van der Waals surface area (Å²) in [4.78, 5) is 0. The Kier molecular flexibility index (Phi) is 8.09. The molecule has 1 N–H and O–H groups in total. The number of unbranched alkanes of at least 4 members (excludes halogenated alkanes) is 1. The van der Waals surface area contributed by atoms with Crippen molar-refractivity contribution in [3.05, 3.63) is 11.6 Å². The normalized spacial score (nSPS) is 43.6. The van der Waals surface area contributed by atoms with E-state index in [0.29, 0.717) is 34.6 Å². The van der Waals surface area contributed by atoms with Crippen molar-refractivity contribution in [3.63, 3.8) is 0 Å². The van der Waals surface area contributed by atoms with Crippen molar-refractivity contribution < 1.29 is 8.99 Å². The average molecular weight is 439 g/mol. The SMILES string of the molecule is C.CC(CCCCC1CCC2C3CC=C4CC(O)CCC4(C)C3CCC12C)CSF. The van der Waals surface area contributed by atoms with Crippen molar-refractivity contribution in [2.75, 3.05) is 5.75 Å². The van der Waals surface area contributed by atoms with E-state index in [0.717, 1.165) is 36.5 Å². The molecule has 0 aliphatic heterocycles. The number of allylic oxidation sites excluding steroid dienone is 1. The lowest BCUT2D eigenvalue weighted by atomic mass is 9.47. The molecule has 4 rings (SSSR count). The molecule has 4 aliphatic carbocycles. The van der Waals surface area contributed by atoms with Crippen molar-refractivity contribution in [2.45, 2.75) is 111 Å². The number of fused-ring (bicyclic) bond motifs is 5. The van der Waals surface area contributed by atoms with Crippen LogP contribution in [0.4, 0.5) is 3.89 Å². The summed E-state index contributed by atoms with van der Waals surface area (Å²) in [7, 11) is 0. The Hall–Kier alpha value is -0.0200. The van der Waals surface area contributed by atoms with E-state index < -0.39 is 0 Å². The van der Waals surface area contributed by atoms with Crippen molar-refractivity contribution >= 4 is 12.1 Å². The minimum absolute atomic E-state index is 0. The predicted octanol–water partition coefficient (Wildman–Crippen LogP) is 8.38. The van der Waals surface area contributed by atoms with E-state index in [1.165, 1.54) is 64.2 Å². The molecule has 1 nitrogen and oxygen atoms in total. The van der Waals surface area contributed by atoms with Gasteiger partial charge in [0.05, 0.1) is 6.10 Å². The van der Waals surface area contributed by atoms with Crippen LogP contribution in [-0.2, 0) is 0 Å². The van der Waals surface area contributed by atoms with Gasteiger partial charge in [-0.15, -0.1) is 0 Å². The van der Waals surface area contributed by atoms with Gasteiger partial charge in [-0.1, -0.05) is 52.7 Å². The zero-order chi connectivity index (χ0) is 20.6. The fourth-order valence-corrected chi connectivity index (χ4v) is 8.68. The number of halogens is 1. The lowest BCUT2D eigenvalue weighted by Gasteiger charge is -2.58. The molecule has 4 aliphatic rings. The van der Waals surface area contributed by atoms with Crippen molar-refractivity contribution in [1.82, 2.24) is 0 Å². The average Bonchev–Trinajstić information content (AvgIpc) is 3.02. The summed E-state index contributed by atoms with van der Waals surface area (Å²) in [6.07, 6.45) is 17.8. The molecule has 0 saturated heterocycles. The van der Waals surface area contributed by atoms with Gasteiger partial charge in [-0.05, 0) is 105 Å². The topological polar surface area (TPSA) is 20.2 Å². The van der Waals surface area contributed by atoms with E-state index in [1.807, 2.05) is 0 Å². The van der Waals surface area contributed by atoms with E-state index in [2.05, 4.69) is 26.8 Å². The fraction of sp³-hybridized carbons (Fsp3) is 0.926. The maximum Gasteiger partial charge on any atom is 0.0577 e. The number of rotatable bonds is 7. The third-order valence-electron chi connectivity index (χ3n) is 10.1. The van der Waals surface area contributed by atoms with Crippen molar-refractivity contribution in [1.29, 1.82) is 0 Å². The van der Waals surface area contributed by atoms with Gasteiger partial charge in [0.2, 0.25) is 0 Å². The van der Waals surface area contributed by atoms with Gasteiger partial charge in [-0.2, -0.15) is 3.89 Å². The molecule has 0 radical (unpaired) electrons. The standard InChI is InChI=1S/C26H43FOS.CH4/c1-18(17-29-27)6-4-5-7-19-9-11-23-22-10-8-20-16-21(28)12-14-26(20,3)24(22)13-15-25(19,23)2;/h8,18-19,21-24,28H,4-7,9-17H2,1-3H3;1H4. The molecule has 3 saturated carbocycles. The minimum atomic E-state index is -0.0955. The molecule has 8 atom stereocenters. The van der Waals surface area contributed by atoms with E-state index in [9.17, 15) is 8.99 Å². The molecule has 0 bridgehead atoms. The van der Waals surface area contributed by atoms with Crippen molar-refractivity contribution in [3.8, 4) is 0 Å². The van der Waals surface area contributed by atoms with Crippen LogP contribution in [0.3, 0.4) is 0 Å². The van der Waals surface area contributed by atoms with Gasteiger partial charge in [0.1, 0.15) is 0 Å². The molecule has 3 fully saturated rings. The van der Waals surface area contributed by atoms with E-state index in [1.54, 1.807) is 5.57 Å². The van der Waals surface area contributed by atoms with Crippen LogP contribution < -0.4 is 0 Å². The molecule has 8 unspecified atom stereocenters. The van der Waals surface area contributed by atoms with Crippen LogP contribution in [0.15, 0.2) is 11.6 Å². The van der Waals surface area contributed by atoms with Crippen LogP contribution in [-0.4, -0.2) is 17.0 Å². The molecule has 0 heterocycles. The molecular weight excluding hydrogens is 391 g/mol. The maximum absolute atomic E-state index is 12.4. The number of aliphatic hydroxyl groups excluding tert-OH is 1. The largest absolute Gasteiger partial charge is 0.393 e. The molecule has 0 aromatic carbocycles. The van der Waals surface area contributed by atoms with E-state index in [-0.39, 0.29) is 13.5 Å². The predicted molar refractivity (Wildman–Crippen MR) is 129 cm³/mol.